The average molecular weight is 197 g/mol. The van der Waals surface area contributed by atoms with Crippen LogP contribution < -0.4 is 5.32 Å². The zero-order chi connectivity index (χ0) is 9.80. The minimum absolute atomic E-state index is 0.843. The molecule has 2 aliphatic carbocycles. The van der Waals surface area contributed by atoms with Gasteiger partial charge in [0.2, 0.25) is 0 Å². The van der Waals surface area contributed by atoms with Gasteiger partial charge in [-0.3, -0.25) is 0 Å². The molecule has 2 fully saturated rings. The first-order valence-corrected chi connectivity index (χ1v) is 6.21. The third kappa shape index (κ3) is 2.48. The van der Waals surface area contributed by atoms with Crippen molar-refractivity contribution in [3.8, 4) is 0 Å². The van der Waals surface area contributed by atoms with E-state index in [2.05, 4.69) is 12.2 Å². The molecule has 0 aromatic heterocycles. The second-order valence-electron chi connectivity index (χ2n) is 4.79. The van der Waals surface area contributed by atoms with Crippen LogP contribution >= 0.6 is 0 Å². The van der Waals surface area contributed by atoms with Crippen molar-refractivity contribution in [1.29, 1.82) is 0 Å². The van der Waals surface area contributed by atoms with E-state index in [-0.39, 0.29) is 0 Å². The van der Waals surface area contributed by atoms with Gasteiger partial charge in [0.15, 0.2) is 0 Å². The highest BCUT2D eigenvalue weighted by molar-refractivity contribution is 4.93. The van der Waals surface area contributed by atoms with Gasteiger partial charge in [-0.05, 0) is 51.0 Å². The highest BCUT2D eigenvalue weighted by atomic mass is 16.5. The first-order valence-electron chi connectivity index (χ1n) is 6.21. The third-order valence-corrected chi connectivity index (χ3v) is 3.81. The van der Waals surface area contributed by atoms with E-state index in [1.165, 1.54) is 32.1 Å². The summed E-state index contributed by atoms with van der Waals surface area (Å²) in [5, 5.41) is 3.69. The standard InChI is InChI=1S/C12H23NO/c1-2-14-7-3-6-13-12-9-10-4-5-11(12)8-10/h10-13H,2-9H2,1H3. The summed E-state index contributed by atoms with van der Waals surface area (Å²) >= 11 is 0. The van der Waals surface area contributed by atoms with Gasteiger partial charge in [-0.15, -0.1) is 0 Å². The third-order valence-electron chi connectivity index (χ3n) is 3.81. The molecule has 3 atom stereocenters. The Morgan fingerprint density at radius 3 is 2.86 bits per heavy atom. The van der Waals surface area contributed by atoms with Crippen molar-refractivity contribution >= 4 is 0 Å². The molecule has 0 saturated heterocycles. The lowest BCUT2D eigenvalue weighted by molar-refractivity contribution is 0.143. The fourth-order valence-electron chi connectivity index (χ4n) is 3.10. The number of nitrogens with one attached hydrogen (secondary N) is 1. The Morgan fingerprint density at radius 2 is 2.21 bits per heavy atom. The van der Waals surface area contributed by atoms with Crippen molar-refractivity contribution < 1.29 is 4.74 Å². The molecule has 2 heteroatoms. The van der Waals surface area contributed by atoms with Crippen molar-refractivity contribution in [3.05, 3.63) is 0 Å². The van der Waals surface area contributed by atoms with Gasteiger partial charge < -0.3 is 10.1 Å². The van der Waals surface area contributed by atoms with E-state index in [0.717, 1.165) is 37.6 Å². The van der Waals surface area contributed by atoms with Crippen LogP contribution in [0.15, 0.2) is 0 Å². The first-order chi connectivity index (χ1) is 6.90. The van der Waals surface area contributed by atoms with Gasteiger partial charge >= 0.3 is 0 Å². The van der Waals surface area contributed by atoms with Crippen LogP contribution in [0.3, 0.4) is 0 Å². The van der Waals surface area contributed by atoms with Crippen LogP contribution in [0.25, 0.3) is 0 Å². The van der Waals surface area contributed by atoms with E-state index in [1.807, 2.05) is 0 Å². The Balaban J connectivity index is 1.54. The van der Waals surface area contributed by atoms with Crippen molar-refractivity contribution in [2.24, 2.45) is 11.8 Å². The van der Waals surface area contributed by atoms with Crippen LogP contribution in [0.1, 0.15) is 39.0 Å². The van der Waals surface area contributed by atoms with E-state index in [9.17, 15) is 0 Å². The summed E-state index contributed by atoms with van der Waals surface area (Å²) in [6.07, 6.45) is 7.10. The van der Waals surface area contributed by atoms with Crippen LogP contribution in [0, 0.1) is 11.8 Å². The highest BCUT2D eigenvalue weighted by Gasteiger charge is 2.38. The normalized spacial score (nSPS) is 35.4. The summed E-state index contributed by atoms with van der Waals surface area (Å²) in [5.41, 5.74) is 0. The van der Waals surface area contributed by atoms with Crippen LogP contribution in [-0.2, 0) is 4.74 Å². The summed E-state index contributed by atoms with van der Waals surface area (Å²) in [6, 6.07) is 0.843. The van der Waals surface area contributed by atoms with E-state index in [4.69, 9.17) is 4.74 Å². The van der Waals surface area contributed by atoms with Crippen molar-refractivity contribution in [1.82, 2.24) is 5.32 Å². The minimum Gasteiger partial charge on any atom is -0.382 e. The van der Waals surface area contributed by atoms with E-state index in [1.54, 1.807) is 0 Å². The maximum absolute atomic E-state index is 5.32. The van der Waals surface area contributed by atoms with Crippen molar-refractivity contribution in [3.63, 3.8) is 0 Å². The minimum atomic E-state index is 0.843. The summed E-state index contributed by atoms with van der Waals surface area (Å²) in [7, 11) is 0. The Bertz CT molecular complexity index is 172. The average Bonchev–Trinajstić information content (AvgIpc) is 2.79. The second-order valence-corrected chi connectivity index (χ2v) is 4.79. The zero-order valence-electron chi connectivity index (χ0n) is 9.30. The smallest absolute Gasteiger partial charge is 0.0477 e. The topological polar surface area (TPSA) is 21.3 Å². The van der Waals surface area contributed by atoms with Gasteiger partial charge in [0.25, 0.3) is 0 Å². The lowest BCUT2D eigenvalue weighted by atomic mass is 9.95. The molecule has 0 spiro atoms. The van der Waals surface area contributed by atoms with Crippen LogP contribution in [0.2, 0.25) is 0 Å². The molecule has 0 heterocycles. The van der Waals surface area contributed by atoms with Crippen LogP contribution in [0.4, 0.5) is 0 Å². The van der Waals surface area contributed by atoms with Gasteiger partial charge in [0, 0.05) is 19.3 Å². The fraction of sp³-hybridized carbons (Fsp3) is 1.00. The Labute approximate surface area is 87.4 Å². The molecular weight excluding hydrogens is 174 g/mol. The molecule has 0 aliphatic heterocycles. The lowest BCUT2D eigenvalue weighted by Crippen LogP contribution is -2.34. The molecule has 2 rings (SSSR count). The van der Waals surface area contributed by atoms with Gasteiger partial charge in [0.1, 0.15) is 0 Å². The predicted octanol–water partition coefficient (Wildman–Crippen LogP) is 2.19. The monoisotopic (exact) mass is 197 g/mol. The van der Waals surface area contributed by atoms with E-state index in [0.29, 0.717) is 0 Å². The summed E-state index contributed by atoms with van der Waals surface area (Å²) in [5.74, 6) is 2.07. The SMILES string of the molecule is CCOCCCNC1CC2CCC1C2. The first kappa shape index (κ1) is 10.4. The molecule has 0 amide bonds. The van der Waals surface area contributed by atoms with Gasteiger partial charge in [-0.2, -0.15) is 0 Å². The maximum atomic E-state index is 5.32. The lowest BCUT2D eigenvalue weighted by Gasteiger charge is -2.22. The summed E-state index contributed by atoms with van der Waals surface area (Å²) in [4.78, 5) is 0. The van der Waals surface area contributed by atoms with Crippen molar-refractivity contribution in [2.75, 3.05) is 19.8 Å². The second kappa shape index (κ2) is 5.13. The van der Waals surface area contributed by atoms with E-state index >= 15 is 0 Å². The largest absolute Gasteiger partial charge is 0.382 e. The van der Waals surface area contributed by atoms with Crippen LogP contribution in [-0.4, -0.2) is 25.8 Å². The predicted molar refractivity (Wildman–Crippen MR) is 58.3 cm³/mol. The van der Waals surface area contributed by atoms with Crippen molar-refractivity contribution in [2.45, 2.75) is 45.1 Å². The molecule has 0 aromatic rings. The maximum Gasteiger partial charge on any atom is 0.0477 e. The Kier molecular flexibility index (Phi) is 3.82. The number of hydrogen-bond donors (Lipinski definition) is 1. The molecule has 2 saturated carbocycles. The fourth-order valence-corrected chi connectivity index (χ4v) is 3.10. The van der Waals surface area contributed by atoms with Crippen LogP contribution in [0.5, 0.6) is 0 Å². The zero-order valence-corrected chi connectivity index (χ0v) is 9.30. The molecule has 0 aromatic carbocycles. The number of rotatable bonds is 6. The molecule has 2 aliphatic rings. The molecule has 1 N–H and O–H groups in total. The van der Waals surface area contributed by atoms with Gasteiger partial charge in [-0.1, -0.05) is 6.42 Å². The summed E-state index contributed by atoms with van der Waals surface area (Å²) in [6.45, 7) is 4.98. The molecule has 82 valence electrons. The molecule has 0 radical (unpaired) electrons. The quantitative estimate of drug-likeness (QED) is 0.659. The van der Waals surface area contributed by atoms with Gasteiger partial charge in [-0.25, -0.2) is 0 Å². The number of hydrogen-bond acceptors (Lipinski definition) is 2. The number of fused-ring (bicyclic) bond motifs is 2. The highest BCUT2D eigenvalue weighted by Crippen LogP contribution is 2.44. The van der Waals surface area contributed by atoms with E-state index < -0.39 is 0 Å². The molecule has 3 unspecified atom stereocenters. The number of ether oxygens (including phenoxy) is 1. The Hall–Kier alpha value is -0.0800. The van der Waals surface area contributed by atoms with Gasteiger partial charge in [0.05, 0.1) is 0 Å². The molecule has 2 bridgehead atoms. The Morgan fingerprint density at radius 1 is 1.29 bits per heavy atom. The molecule has 14 heavy (non-hydrogen) atoms. The summed E-state index contributed by atoms with van der Waals surface area (Å²) < 4.78 is 5.32. The molecule has 2 nitrogen and oxygen atoms in total. The molecular formula is C12H23NO.